The molecule has 2 aromatic rings. The molecule has 1 aliphatic carbocycles. The summed E-state index contributed by atoms with van der Waals surface area (Å²) >= 11 is 0. The van der Waals surface area contributed by atoms with Crippen molar-refractivity contribution in [3.63, 3.8) is 0 Å². The van der Waals surface area contributed by atoms with Crippen LogP contribution in [0.5, 0.6) is 5.75 Å². The number of ether oxygens (including phenoxy) is 1. The Morgan fingerprint density at radius 3 is 2.66 bits per heavy atom. The lowest BCUT2D eigenvalue weighted by atomic mass is 10.1. The molecule has 8 heteroatoms. The van der Waals surface area contributed by atoms with E-state index in [1.54, 1.807) is 25.4 Å². The first-order valence-corrected chi connectivity index (χ1v) is 11.2. The van der Waals surface area contributed by atoms with Crippen LogP contribution in [-0.2, 0) is 16.6 Å². The van der Waals surface area contributed by atoms with Crippen LogP contribution in [0.1, 0.15) is 52.9 Å². The van der Waals surface area contributed by atoms with Crippen molar-refractivity contribution in [2.75, 3.05) is 7.11 Å². The highest BCUT2D eigenvalue weighted by molar-refractivity contribution is 7.89. The fourth-order valence-corrected chi connectivity index (χ4v) is 5.00. The van der Waals surface area contributed by atoms with Crippen molar-refractivity contribution in [1.29, 1.82) is 0 Å². The van der Waals surface area contributed by atoms with Gasteiger partial charge in [-0.1, -0.05) is 18.9 Å². The Kier molecular flexibility index (Phi) is 6.54. The van der Waals surface area contributed by atoms with Gasteiger partial charge < -0.3 is 10.1 Å². The molecule has 0 radical (unpaired) electrons. The number of sulfonamides is 1. The van der Waals surface area contributed by atoms with Crippen LogP contribution in [0.15, 0.2) is 35.4 Å². The number of nitrogens with one attached hydrogen (secondary N) is 2. The number of methoxy groups -OCH3 is 1. The molecule has 1 amide bonds. The predicted octanol–water partition coefficient (Wildman–Crippen LogP) is 2.86. The molecule has 2 N–H and O–H groups in total. The quantitative estimate of drug-likeness (QED) is 0.722. The van der Waals surface area contributed by atoms with E-state index in [0.717, 1.165) is 42.6 Å². The third-order valence-corrected chi connectivity index (χ3v) is 6.77. The zero-order valence-electron chi connectivity index (χ0n) is 17.0. The van der Waals surface area contributed by atoms with Crippen molar-refractivity contribution < 1.29 is 17.9 Å². The Morgan fingerprint density at radius 2 is 1.97 bits per heavy atom. The zero-order valence-corrected chi connectivity index (χ0v) is 17.8. The number of amides is 1. The average molecular weight is 418 g/mol. The van der Waals surface area contributed by atoms with Gasteiger partial charge in [0.2, 0.25) is 10.0 Å². The van der Waals surface area contributed by atoms with Crippen molar-refractivity contribution in [1.82, 2.24) is 15.0 Å². The molecule has 1 fully saturated rings. The lowest BCUT2D eigenvalue weighted by molar-refractivity contribution is 0.0950. The van der Waals surface area contributed by atoms with Crippen molar-refractivity contribution in [2.24, 2.45) is 0 Å². The maximum absolute atomic E-state index is 12.6. The zero-order chi connectivity index (χ0) is 21.0. The van der Waals surface area contributed by atoms with Gasteiger partial charge in [0.05, 0.1) is 24.2 Å². The molecular weight excluding hydrogens is 390 g/mol. The van der Waals surface area contributed by atoms with Gasteiger partial charge in [0, 0.05) is 28.9 Å². The van der Waals surface area contributed by atoms with E-state index in [2.05, 4.69) is 15.0 Å². The summed E-state index contributed by atoms with van der Waals surface area (Å²) in [5.41, 5.74) is 2.78. The first kappa shape index (κ1) is 21.3. The number of hydrogen-bond acceptors (Lipinski definition) is 5. The molecule has 0 aliphatic heterocycles. The minimum absolute atomic E-state index is 0.0250. The number of rotatable bonds is 7. The molecule has 156 valence electrons. The van der Waals surface area contributed by atoms with Crippen LogP contribution in [-0.4, -0.2) is 32.5 Å². The third kappa shape index (κ3) is 4.94. The smallest absolute Gasteiger partial charge is 0.251 e. The summed E-state index contributed by atoms with van der Waals surface area (Å²) in [4.78, 5) is 17.1. The van der Waals surface area contributed by atoms with Crippen LogP contribution in [0, 0.1) is 13.8 Å². The Balaban J connectivity index is 1.71. The monoisotopic (exact) mass is 417 g/mol. The topological polar surface area (TPSA) is 97.4 Å². The normalized spacial score (nSPS) is 14.7. The maximum atomic E-state index is 12.6. The molecule has 1 aromatic heterocycles. The second kappa shape index (κ2) is 8.92. The number of hydrogen-bond donors (Lipinski definition) is 2. The van der Waals surface area contributed by atoms with E-state index in [4.69, 9.17) is 4.74 Å². The summed E-state index contributed by atoms with van der Waals surface area (Å²) in [5, 5.41) is 2.81. The summed E-state index contributed by atoms with van der Waals surface area (Å²) < 4.78 is 33.4. The molecular formula is C21H27N3O4S. The SMILES string of the molecule is COc1c(C)cnc(CNC(=O)c2cccc(S(=O)(=O)NC3CCCC3)c2)c1C. The molecule has 1 aromatic carbocycles. The van der Waals surface area contributed by atoms with Gasteiger partial charge >= 0.3 is 0 Å². The van der Waals surface area contributed by atoms with Crippen LogP contribution in [0.3, 0.4) is 0 Å². The first-order valence-electron chi connectivity index (χ1n) is 9.71. The van der Waals surface area contributed by atoms with E-state index in [1.807, 2.05) is 13.8 Å². The molecule has 1 heterocycles. The van der Waals surface area contributed by atoms with Gasteiger partial charge in [-0.15, -0.1) is 0 Å². The Labute approximate surface area is 171 Å². The first-order chi connectivity index (χ1) is 13.8. The van der Waals surface area contributed by atoms with Gasteiger partial charge in [-0.25, -0.2) is 13.1 Å². The summed E-state index contributed by atoms with van der Waals surface area (Å²) in [5.74, 6) is 0.388. The fourth-order valence-electron chi connectivity index (χ4n) is 3.65. The minimum Gasteiger partial charge on any atom is -0.496 e. The fraction of sp³-hybridized carbons (Fsp3) is 0.429. The summed E-state index contributed by atoms with van der Waals surface area (Å²) in [7, 11) is -2.05. The molecule has 0 saturated heterocycles. The van der Waals surface area contributed by atoms with Gasteiger partial charge in [0.1, 0.15) is 5.75 Å². The Morgan fingerprint density at radius 1 is 1.24 bits per heavy atom. The van der Waals surface area contributed by atoms with Crippen molar-refractivity contribution >= 4 is 15.9 Å². The number of benzene rings is 1. The summed E-state index contributed by atoms with van der Waals surface area (Å²) in [6.45, 7) is 4.02. The molecule has 7 nitrogen and oxygen atoms in total. The number of carbonyl (C=O) groups is 1. The lowest BCUT2D eigenvalue weighted by Crippen LogP contribution is -2.33. The van der Waals surface area contributed by atoms with E-state index in [0.29, 0.717) is 5.69 Å². The average Bonchev–Trinajstić information content (AvgIpc) is 3.20. The second-order valence-corrected chi connectivity index (χ2v) is 9.07. The van der Waals surface area contributed by atoms with Crippen molar-refractivity contribution in [3.8, 4) is 5.75 Å². The largest absolute Gasteiger partial charge is 0.496 e. The second-order valence-electron chi connectivity index (χ2n) is 7.36. The van der Waals surface area contributed by atoms with E-state index in [9.17, 15) is 13.2 Å². The van der Waals surface area contributed by atoms with Crippen LogP contribution < -0.4 is 14.8 Å². The van der Waals surface area contributed by atoms with Crippen LogP contribution in [0.4, 0.5) is 0 Å². The molecule has 0 atom stereocenters. The Hall–Kier alpha value is -2.45. The number of aromatic nitrogens is 1. The van der Waals surface area contributed by atoms with E-state index in [-0.39, 0.29) is 29.0 Å². The van der Waals surface area contributed by atoms with Crippen molar-refractivity contribution in [3.05, 3.63) is 52.8 Å². The van der Waals surface area contributed by atoms with Gasteiger partial charge in [-0.2, -0.15) is 0 Å². The lowest BCUT2D eigenvalue weighted by Gasteiger charge is -2.14. The third-order valence-electron chi connectivity index (χ3n) is 5.25. The minimum atomic E-state index is -3.65. The summed E-state index contributed by atoms with van der Waals surface area (Å²) in [6, 6.07) is 6.06. The van der Waals surface area contributed by atoms with Crippen LogP contribution in [0.2, 0.25) is 0 Å². The maximum Gasteiger partial charge on any atom is 0.251 e. The highest BCUT2D eigenvalue weighted by atomic mass is 32.2. The number of nitrogens with zero attached hydrogens (tertiary/aromatic N) is 1. The van der Waals surface area contributed by atoms with Gasteiger partial charge in [0.25, 0.3) is 5.91 Å². The highest BCUT2D eigenvalue weighted by Gasteiger charge is 2.23. The highest BCUT2D eigenvalue weighted by Crippen LogP contribution is 2.24. The van der Waals surface area contributed by atoms with Crippen LogP contribution in [0.25, 0.3) is 0 Å². The molecule has 1 aliphatic rings. The number of carbonyl (C=O) groups excluding carboxylic acids is 1. The Bertz CT molecular complexity index is 999. The standard InChI is InChI=1S/C21H27N3O4S/c1-14-12-22-19(15(2)20(14)28-3)13-23-21(25)16-7-6-10-18(11-16)29(26,27)24-17-8-4-5-9-17/h6-7,10-12,17,24H,4-5,8-9,13H2,1-3H3,(H,23,25). The number of pyridine rings is 1. The van der Waals surface area contributed by atoms with E-state index >= 15 is 0 Å². The predicted molar refractivity (Wildman–Crippen MR) is 110 cm³/mol. The van der Waals surface area contributed by atoms with Crippen molar-refractivity contribution in [2.45, 2.75) is 57.0 Å². The van der Waals surface area contributed by atoms with Gasteiger partial charge in [-0.3, -0.25) is 9.78 Å². The molecule has 0 bridgehead atoms. The molecule has 0 spiro atoms. The van der Waals surface area contributed by atoms with Gasteiger partial charge in [0.15, 0.2) is 0 Å². The van der Waals surface area contributed by atoms with E-state index < -0.39 is 10.0 Å². The van der Waals surface area contributed by atoms with Crippen LogP contribution >= 0.6 is 0 Å². The molecule has 1 saturated carbocycles. The molecule has 0 unspecified atom stereocenters. The summed E-state index contributed by atoms with van der Waals surface area (Å²) in [6.07, 6.45) is 5.48. The molecule has 29 heavy (non-hydrogen) atoms. The van der Waals surface area contributed by atoms with E-state index in [1.165, 1.54) is 12.1 Å². The number of aryl methyl sites for hydroxylation is 1. The van der Waals surface area contributed by atoms with Gasteiger partial charge in [-0.05, 0) is 44.9 Å². The molecule has 3 rings (SSSR count).